The van der Waals surface area contributed by atoms with E-state index in [0.717, 1.165) is 0 Å². The summed E-state index contributed by atoms with van der Waals surface area (Å²) in [5, 5.41) is 2.87. The molecule has 1 atom stereocenters. The van der Waals surface area contributed by atoms with Gasteiger partial charge >= 0.3 is 0 Å². The van der Waals surface area contributed by atoms with Gasteiger partial charge in [0.15, 0.2) is 0 Å². The third-order valence-electron chi connectivity index (χ3n) is 4.03. The van der Waals surface area contributed by atoms with Crippen LogP contribution in [0.3, 0.4) is 0 Å². The minimum absolute atomic E-state index is 0.0409. The maximum Gasteiger partial charge on any atom is 0.249 e. The molecule has 1 aliphatic rings. The Kier molecular flexibility index (Phi) is 4.17. The van der Waals surface area contributed by atoms with Crippen LogP contribution in [-0.2, 0) is 9.59 Å². The van der Waals surface area contributed by atoms with Crippen molar-refractivity contribution in [1.29, 1.82) is 0 Å². The Bertz CT molecular complexity index is 309. The molecule has 17 heavy (non-hydrogen) atoms. The molecule has 0 aliphatic carbocycles. The molecule has 0 spiro atoms. The number of amides is 2. The summed E-state index contributed by atoms with van der Waals surface area (Å²) < 4.78 is 0. The van der Waals surface area contributed by atoms with Gasteiger partial charge in [0.2, 0.25) is 11.8 Å². The van der Waals surface area contributed by atoms with Gasteiger partial charge in [-0.25, -0.2) is 0 Å². The molecule has 1 aliphatic heterocycles. The average molecular weight is 240 g/mol. The van der Waals surface area contributed by atoms with Crippen LogP contribution in [0.2, 0.25) is 0 Å². The topological polar surface area (TPSA) is 49.4 Å². The summed E-state index contributed by atoms with van der Waals surface area (Å²) in [4.78, 5) is 26.0. The second-order valence-electron chi connectivity index (χ2n) is 5.26. The molecule has 4 nitrogen and oxygen atoms in total. The second kappa shape index (κ2) is 5.07. The molecule has 1 unspecified atom stereocenters. The van der Waals surface area contributed by atoms with Gasteiger partial charge in [0.1, 0.15) is 5.54 Å². The van der Waals surface area contributed by atoms with E-state index in [4.69, 9.17) is 0 Å². The van der Waals surface area contributed by atoms with Crippen molar-refractivity contribution in [2.24, 2.45) is 5.92 Å². The smallest absolute Gasteiger partial charge is 0.249 e. The van der Waals surface area contributed by atoms with Gasteiger partial charge in [0.25, 0.3) is 0 Å². The SMILES string of the molecule is CCC1(CC)NC(=O)CN(C(C)C(C)C)C1=O. The van der Waals surface area contributed by atoms with E-state index in [-0.39, 0.29) is 24.4 Å². The zero-order valence-electron chi connectivity index (χ0n) is 11.5. The average Bonchev–Trinajstić information content (AvgIpc) is 2.30. The molecule has 0 saturated carbocycles. The van der Waals surface area contributed by atoms with Gasteiger partial charge in [-0.1, -0.05) is 27.7 Å². The fraction of sp³-hybridized carbons (Fsp3) is 0.846. The van der Waals surface area contributed by atoms with Crippen LogP contribution in [0.4, 0.5) is 0 Å². The van der Waals surface area contributed by atoms with Crippen molar-refractivity contribution < 1.29 is 9.59 Å². The Hall–Kier alpha value is -1.06. The van der Waals surface area contributed by atoms with Crippen LogP contribution in [-0.4, -0.2) is 34.8 Å². The monoisotopic (exact) mass is 240 g/mol. The highest BCUT2D eigenvalue weighted by Gasteiger charge is 2.45. The van der Waals surface area contributed by atoms with E-state index >= 15 is 0 Å². The van der Waals surface area contributed by atoms with E-state index in [1.165, 1.54) is 0 Å². The first-order valence-electron chi connectivity index (χ1n) is 6.50. The summed E-state index contributed by atoms with van der Waals surface area (Å²) >= 11 is 0. The molecule has 0 aromatic carbocycles. The van der Waals surface area contributed by atoms with Gasteiger partial charge in [-0.05, 0) is 25.7 Å². The van der Waals surface area contributed by atoms with Crippen LogP contribution in [0.5, 0.6) is 0 Å². The zero-order valence-corrected chi connectivity index (χ0v) is 11.5. The Morgan fingerprint density at radius 3 is 2.18 bits per heavy atom. The van der Waals surface area contributed by atoms with Crippen LogP contribution >= 0.6 is 0 Å². The molecule has 1 fully saturated rings. The summed E-state index contributed by atoms with van der Waals surface area (Å²) in [6, 6.07) is 0.103. The molecule has 0 bridgehead atoms. The van der Waals surface area contributed by atoms with E-state index in [1.54, 1.807) is 4.90 Å². The Labute approximate surface area is 104 Å². The molecule has 98 valence electrons. The normalized spacial score (nSPS) is 21.6. The highest BCUT2D eigenvalue weighted by molar-refractivity contribution is 5.98. The summed E-state index contributed by atoms with van der Waals surface area (Å²) in [6.07, 6.45) is 1.30. The predicted octanol–water partition coefficient (Wildman–Crippen LogP) is 1.55. The molecule has 4 heteroatoms. The molecule has 0 aromatic rings. The van der Waals surface area contributed by atoms with Crippen molar-refractivity contribution in [3.8, 4) is 0 Å². The Balaban J connectivity index is 3.01. The molecule has 1 heterocycles. The van der Waals surface area contributed by atoms with Crippen molar-refractivity contribution in [2.45, 2.75) is 59.0 Å². The van der Waals surface area contributed by atoms with E-state index in [9.17, 15) is 9.59 Å². The maximum atomic E-state index is 12.5. The third kappa shape index (κ3) is 2.45. The number of hydrogen-bond acceptors (Lipinski definition) is 2. The summed E-state index contributed by atoms with van der Waals surface area (Å²) in [5.74, 6) is 0.389. The quantitative estimate of drug-likeness (QED) is 0.810. The molecule has 1 saturated heterocycles. The van der Waals surface area contributed by atoms with Gasteiger partial charge in [-0.3, -0.25) is 9.59 Å². The lowest BCUT2D eigenvalue weighted by molar-refractivity contribution is -0.153. The Morgan fingerprint density at radius 1 is 1.24 bits per heavy atom. The number of nitrogens with zero attached hydrogens (tertiary/aromatic N) is 1. The largest absolute Gasteiger partial charge is 0.340 e. The summed E-state index contributed by atoms with van der Waals surface area (Å²) in [7, 11) is 0. The third-order valence-corrected chi connectivity index (χ3v) is 4.03. The second-order valence-corrected chi connectivity index (χ2v) is 5.26. The van der Waals surface area contributed by atoms with Gasteiger partial charge in [0, 0.05) is 6.04 Å². The number of hydrogen-bond donors (Lipinski definition) is 1. The van der Waals surface area contributed by atoms with Crippen LogP contribution in [0.25, 0.3) is 0 Å². The Morgan fingerprint density at radius 2 is 1.76 bits per heavy atom. The first-order chi connectivity index (χ1) is 7.88. The predicted molar refractivity (Wildman–Crippen MR) is 67.5 cm³/mol. The van der Waals surface area contributed by atoms with Crippen molar-refractivity contribution in [2.75, 3.05) is 6.54 Å². The molecule has 1 rings (SSSR count). The van der Waals surface area contributed by atoms with Gasteiger partial charge in [0.05, 0.1) is 6.54 Å². The van der Waals surface area contributed by atoms with Crippen molar-refractivity contribution in [1.82, 2.24) is 10.2 Å². The van der Waals surface area contributed by atoms with E-state index in [2.05, 4.69) is 19.2 Å². The van der Waals surface area contributed by atoms with E-state index in [1.807, 2.05) is 20.8 Å². The first kappa shape index (κ1) is 14.0. The van der Waals surface area contributed by atoms with Gasteiger partial charge in [-0.15, -0.1) is 0 Å². The lowest BCUT2D eigenvalue weighted by Gasteiger charge is -2.44. The number of nitrogens with one attached hydrogen (secondary N) is 1. The number of carbonyl (C=O) groups excluding carboxylic acids is 2. The highest BCUT2D eigenvalue weighted by Crippen LogP contribution is 2.25. The van der Waals surface area contributed by atoms with E-state index in [0.29, 0.717) is 18.8 Å². The molecular weight excluding hydrogens is 216 g/mol. The van der Waals surface area contributed by atoms with Crippen LogP contribution < -0.4 is 5.32 Å². The van der Waals surface area contributed by atoms with Crippen molar-refractivity contribution in [3.63, 3.8) is 0 Å². The van der Waals surface area contributed by atoms with Crippen molar-refractivity contribution >= 4 is 11.8 Å². The van der Waals surface area contributed by atoms with Crippen molar-refractivity contribution in [3.05, 3.63) is 0 Å². The minimum Gasteiger partial charge on any atom is -0.340 e. The highest BCUT2D eigenvalue weighted by atomic mass is 16.2. The molecular formula is C13H24N2O2. The number of carbonyl (C=O) groups is 2. The molecule has 0 aromatic heterocycles. The molecule has 1 N–H and O–H groups in total. The first-order valence-corrected chi connectivity index (χ1v) is 6.50. The standard InChI is InChI=1S/C13H24N2O2/c1-6-13(7-2)12(17)15(8-11(16)14-13)10(5)9(3)4/h9-10H,6-8H2,1-5H3,(H,14,16). The van der Waals surface area contributed by atoms with Gasteiger partial charge in [-0.2, -0.15) is 0 Å². The van der Waals surface area contributed by atoms with Crippen LogP contribution in [0.15, 0.2) is 0 Å². The number of piperazine rings is 1. The van der Waals surface area contributed by atoms with Crippen LogP contribution in [0, 0.1) is 5.92 Å². The minimum atomic E-state index is -0.682. The lowest BCUT2D eigenvalue weighted by atomic mass is 9.87. The summed E-state index contributed by atoms with van der Waals surface area (Å²) in [6.45, 7) is 10.3. The fourth-order valence-corrected chi connectivity index (χ4v) is 2.28. The summed E-state index contributed by atoms with van der Waals surface area (Å²) in [5.41, 5.74) is -0.682. The van der Waals surface area contributed by atoms with Gasteiger partial charge < -0.3 is 10.2 Å². The maximum absolute atomic E-state index is 12.5. The number of rotatable bonds is 4. The van der Waals surface area contributed by atoms with Crippen LogP contribution in [0.1, 0.15) is 47.5 Å². The zero-order chi connectivity index (χ0) is 13.2. The van der Waals surface area contributed by atoms with E-state index < -0.39 is 5.54 Å². The lowest BCUT2D eigenvalue weighted by Crippen LogP contribution is -2.68. The molecule has 0 radical (unpaired) electrons. The molecule has 2 amide bonds. The fourth-order valence-electron chi connectivity index (χ4n) is 2.28.